The number of nitrogens with two attached hydrogens (primary N) is 1. The summed E-state index contributed by atoms with van der Waals surface area (Å²) in [5.41, 5.74) is 9.68. The maximum atomic E-state index is 12.5. The number of benzene rings is 2. The van der Waals surface area contributed by atoms with E-state index in [2.05, 4.69) is 4.98 Å². The average Bonchev–Trinajstić information content (AvgIpc) is 3.23. The number of carbonyl (C=O) groups is 1. The number of thiophene rings is 1. The van der Waals surface area contributed by atoms with E-state index in [0.29, 0.717) is 5.39 Å². The van der Waals surface area contributed by atoms with Crippen LogP contribution in [-0.2, 0) is 4.74 Å². The number of pyridine rings is 1. The summed E-state index contributed by atoms with van der Waals surface area (Å²) in [4.78, 5) is 26.4. The Kier molecular flexibility index (Phi) is 5.22. The summed E-state index contributed by atoms with van der Waals surface area (Å²) < 4.78 is 10.6. The first-order chi connectivity index (χ1) is 14.4. The zero-order valence-corrected chi connectivity index (χ0v) is 17.8. The van der Waals surface area contributed by atoms with Gasteiger partial charge in [0.05, 0.1) is 24.6 Å². The van der Waals surface area contributed by atoms with Crippen molar-refractivity contribution in [3.8, 4) is 16.9 Å². The molecule has 4 rings (SSSR count). The van der Waals surface area contributed by atoms with Crippen LogP contribution in [0.2, 0.25) is 0 Å². The van der Waals surface area contributed by atoms with Gasteiger partial charge in [0, 0.05) is 27.6 Å². The fourth-order valence-corrected chi connectivity index (χ4v) is 4.61. The Hall–Kier alpha value is -3.32. The highest BCUT2D eigenvalue weighted by Crippen LogP contribution is 2.41. The van der Waals surface area contributed by atoms with E-state index >= 15 is 0 Å². The minimum Gasteiger partial charge on any atom is -0.496 e. The first-order valence-electron chi connectivity index (χ1n) is 9.52. The number of aromatic nitrogens is 1. The molecule has 0 fully saturated rings. The van der Waals surface area contributed by atoms with Gasteiger partial charge in [0.2, 0.25) is 0 Å². The Morgan fingerprint density at radius 2 is 1.90 bits per heavy atom. The van der Waals surface area contributed by atoms with E-state index in [1.807, 2.05) is 54.9 Å². The number of rotatable bonds is 5. The topological polar surface area (TPSA) is 94.4 Å². The van der Waals surface area contributed by atoms with Gasteiger partial charge < -0.3 is 20.2 Å². The lowest BCUT2D eigenvalue weighted by Crippen LogP contribution is -2.16. The molecule has 0 radical (unpaired) electrons. The third kappa shape index (κ3) is 3.41. The second-order valence-corrected chi connectivity index (χ2v) is 8.07. The quantitative estimate of drug-likeness (QED) is 0.477. The number of carbonyl (C=O) groups excluding carboxylic acids is 1. The van der Waals surface area contributed by atoms with E-state index in [4.69, 9.17) is 15.2 Å². The fraction of sp³-hybridized carbons (Fsp3) is 0.217. The lowest BCUT2D eigenvalue weighted by Gasteiger charge is -2.17. The van der Waals surface area contributed by atoms with Crippen LogP contribution in [0.25, 0.3) is 32.8 Å². The van der Waals surface area contributed by atoms with Gasteiger partial charge in [-0.3, -0.25) is 4.79 Å². The molecule has 1 atom stereocenters. The number of hydrogen-bond acceptors (Lipinski definition) is 5. The van der Waals surface area contributed by atoms with Crippen molar-refractivity contribution in [3.05, 3.63) is 62.6 Å². The molecule has 0 unspecified atom stereocenters. The number of ether oxygens (including phenoxy) is 2. The van der Waals surface area contributed by atoms with Crippen LogP contribution in [0, 0.1) is 6.92 Å². The molecule has 0 spiro atoms. The van der Waals surface area contributed by atoms with E-state index in [9.17, 15) is 9.59 Å². The lowest BCUT2D eigenvalue weighted by molar-refractivity contribution is 0.151. The van der Waals surface area contributed by atoms with Gasteiger partial charge in [-0.1, -0.05) is 31.2 Å². The Morgan fingerprint density at radius 1 is 1.20 bits per heavy atom. The molecule has 3 N–H and O–H groups in total. The van der Waals surface area contributed by atoms with Gasteiger partial charge in [-0.25, -0.2) is 4.79 Å². The molecule has 0 aliphatic heterocycles. The highest BCUT2D eigenvalue weighted by Gasteiger charge is 2.18. The van der Waals surface area contributed by atoms with Crippen molar-refractivity contribution in [1.82, 2.24) is 4.98 Å². The highest BCUT2D eigenvalue weighted by molar-refractivity contribution is 7.09. The number of H-pyrrole nitrogens is 1. The van der Waals surface area contributed by atoms with Gasteiger partial charge in [-0.05, 0) is 35.1 Å². The van der Waals surface area contributed by atoms with Crippen molar-refractivity contribution in [2.45, 2.75) is 19.8 Å². The summed E-state index contributed by atoms with van der Waals surface area (Å²) >= 11 is 1.51. The first-order valence-corrected chi connectivity index (χ1v) is 10.5. The summed E-state index contributed by atoms with van der Waals surface area (Å²) in [6.45, 7) is 4.16. The van der Waals surface area contributed by atoms with Gasteiger partial charge in [0.1, 0.15) is 5.75 Å². The van der Waals surface area contributed by atoms with Crippen molar-refractivity contribution in [1.29, 1.82) is 0 Å². The van der Waals surface area contributed by atoms with Gasteiger partial charge in [0.25, 0.3) is 5.56 Å². The molecule has 1 amide bonds. The number of nitrogens with one attached hydrogen (secondary N) is 1. The number of aromatic amines is 1. The molecule has 2 heterocycles. The second kappa shape index (κ2) is 7.84. The molecule has 4 aromatic rings. The van der Waals surface area contributed by atoms with Gasteiger partial charge in [-0.2, -0.15) is 11.3 Å². The smallest absolute Gasteiger partial charge is 0.404 e. The Balaban J connectivity index is 1.90. The van der Waals surface area contributed by atoms with Crippen LogP contribution in [0.4, 0.5) is 4.79 Å². The molecule has 0 aliphatic rings. The predicted molar refractivity (Wildman–Crippen MR) is 121 cm³/mol. The van der Waals surface area contributed by atoms with E-state index in [1.165, 1.54) is 11.3 Å². The number of amides is 1. The van der Waals surface area contributed by atoms with Crippen molar-refractivity contribution in [2.75, 3.05) is 13.7 Å². The molecule has 6 nitrogen and oxygen atoms in total. The maximum absolute atomic E-state index is 12.5. The van der Waals surface area contributed by atoms with Crippen LogP contribution < -0.4 is 16.0 Å². The lowest BCUT2D eigenvalue weighted by atomic mass is 9.93. The largest absolute Gasteiger partial charge is 0.496 e. The summed E-state index contributed by atoms with van der Waals surface area (Å²) in [6, 6.07) is 10.00. The Bertz CT molecular complexity index is 1310. The third-order valence-corrected chi connectivity index (χ3v) is 6.11. The highest BCUT2D eigenvalue weighted by atomic mass is 32.1. The van der Waals surface area contributed by atoms with Crippen LogP contribution in [0.1, 0.15) is 24.0 Å². The van der Waals surface area contributed by atoms with Crippen LogP contribution in [0.5, 0.6) is 5.75 Å². The molecule has 154 valence electrons. The van der Waals surface area contributed by atoms with E-state index in [-0.39, 0.29) is 18.1 Å². The molecule has 0 bridgehead atoms. The number of hydrogen-bond donors (Lipinski definition) is 2. The number of methoxy groups -OCH3 is 1. The molecule has 0 saturated heterocycles. The standard InChI is InChI=1S/C23H22N2O4S/c1-12-8-18(28-3)19(20-16-10-30-11-17(16)22(26)25-21(12)20)15-6-4-14(5-7-15)13(2)9-29-23(24)27/h4-8,10-11,13H,9H2,1-3H3,(H2,24,27)(H,25,26)/t13-/m0/s1. The Labute approximate surface area is 177 Å². The molecular weight excluding hydrogens is 400 g/mol. The summed E-state index contributed by atoms with van der Waals surface area (Å²) in [7, 11) is 1.65. The van der Waals surface area contributed by atoms with E-state index < -0.39 is 6.09 Å². The van der Waals surface area contributed by atoms with Crippen LogP contribution >= 0.6 is 11.3 Å². The molecule has 7 heteroatoms. The van der Waals surface area contributed by atoms with E-state index in [1.54, 1.807) is 7.11 Å². The predicted octanol–water partition coefficient (Wildman–Crippen LogP) is 4.93. The fourth-order valence-electron chi connectivity index (χ4n) is 3.79. The van der Waals surface area contributed by atoms with Gasteiger partial charge in [-0.15, -0.1) is 0 Å². The van der Waals surface area contributed by atoms with Crippen molar-refractivity contribution in [2.24, 2.45) is 5.73 Å². The van der Waals surface area contributed by atoms with Crippen LogP contribution in [0.3, 0.4) is 0 Å². The monoisotopic (exact) mass is 422 g/mol. The summed E-state index contributed by atoms with van der Waals surface area (Å²) in [5.74, 6) is 0.764. The van der Waals surface area contributed by atoms with Crippen LogP contribution in [0.15, 0.2) is 45.9 Å². The zero-order valence-electron chi connectivity index (χ0n) is 16.9. The Morgan fingerprint density at radius 3 is 2.57 bits per heavy atom. The SMILES string of the molecule is COc1cc(C)c2[nH]c(=O)c3cscc3c2c1-c1ccc([C@@H](C)COC(N)=O)cc1. The summed E-state index contributed by atoms with van der Waals surface area (Å²) in [6.07, 6.45) is -0.775. The van der Waals surface area contributed by atoms with Crippen molar-refractivity contribution >= 4 is 39.1 Å². The molecular formula is C23H22N2O4S. The third-order valence-electron chi connectivity index (χ3n) is 5.37. The number of fused-ring (bicyclic) bond motifs is 3. The molecule has 0 saturated carbocycles. The molecule has 0 aliphatic carbocycles. The summed E-state index contributed by atoms with van der Waals surface area (Å²) in [5, 5.41) is 6.45. The molecule has 2 aromatic heterocycles. The van der Waals surface area contributed by atoms with Gasteiger partial charge in [0.15, 0.2) is 0 Å². The van der Waals surface area contributed by atoms with Gasteiger partial charge >= 0.3 is 6.09 Å². The van der Waals surface area contributed by atoms with Crippen LogP contribution in [-0.4, -0.2) is 24.8 Å². The normalized spacial score (nSPS) is 12.2. The van der Waals surface area contributed by atoms with Crippen molar-refractivity contribution in [3.63, 3.8) is 0 Å². The second-order valence-electron chi connectivity index (χ2n) is 7.33. The first kappa shape index (κ1) is 20.0. The minimum atomic E-state index is -0.775. The number of aryl methyl sites for hydroxylation is 1. The minimum absolute atomic E-state index is 0.0168. The van der Waals surface area contributed by atoms with E-state index in [0.717, 1.165) is 44.3 Å². The molecule has 2 aromatic carbocycles. The average molecular weight is 423 g/mol. The zero-order chi connectivity index (χ0) is 21.4. The van der Waals surface area contributed by atoms with Crippen molar-refractivity contribution < 1.29 is 14.3 Å². The number of primary amides is 1. The maximum Gasteiger partial charge on any atom is 0.404 e. The molecule has 30 heavy (non-hydrogen) atoms.